The second kappa shape index (κ2) is 11.8. The molecule has 0 spiro atoms. The van der Waals surface area contributed by atoms with Gasteiger partial charge < -0.3 is 15.0 Å². The van der Waals surface area contributed by atoms with E-state index in [-0.39, 0.29) is 24.0 Å². The van der Waals surface area contributed by atoms with Crippen molar-refractivity contribution in [3.05, 3.63) is 81.5 Å². The maximum absolute atomic E-state index is 13.3. The first-order valence-electron chi connectivity index (χ1n) is 13.3. The van der Waals surface area contributed by atoms with Crippen LogP contribution in [-0.4, -0.2) is 79.0 Å². The molecule has 0 aliphatic carbocycles. The Balaban J connectivity index is 1.58. The Labute approximate surface area is 235 Å². The summed E-state index contributed by atoms with van der Waals surface area (Å²) >= 11 is 6.24. The minimum absolute atomic E-state index is 0.0189. The maximum Gasteiger partial charge on any atom is 0.338 e. The highest BCUT2D eigenvalue weighted by atomic mass is 35.5. The van der Waals surface area contributed by atoms with E-state index in [0.717, 1.165) is 11.1 Å². The third-order valence-electron chi connectivity index (χ3n) is 7.32. The Kier molecular flexibility index (Phi) is 8.67. The Morgan fingerprint density at radius 3 is 2.26 bits per heavy atom. The molecule has 1 unspecified atom stereocenters. The predicted octanol–water partition coefficient (Wildman–Crippen LogP) is 4.61. The second-order valence-corrected chi connectivity index (χ2v) is 11.3. The first-order valence-corrected chi connectivity index (χ1v) is 13.7. The molecular weight excluding hydrogens is 516 g/mol. The van der Waals surface area contributed by atoms with Gasteiger partial charge in [0.2, 0.25) is 0 Å². The van der Waals surface area contributed by atoms with E-state index in [1.165, 1.54) is 4.90 Å². The normalized spacial score (nSPS) is 18.7. The number of nitrogens with zero attached hydrogens (tertiary/aromatic N) is 3. The fourth-order valence-electron chi connectivity index (χ4n) is 4.95. The Morgan fingerprint density at radius 2 is 1.67 bits per heavy atom. The molecule has 0 bridgehead atoms. The van der Waals surface area contributed by atoms with Gasteiger partial charge in [-0.15, -0.1) is 0 Å². The molecular formula is C30H37ClN4O4. The van der Waals surface area contributed by atoms with Crippen molar-refractivity contribution in [3.8, 4) is 0 Å². The van der Waals surface area contributed by atoms with Crippen molar-refractivity contribution >= 4 is 29.5 Å². The molecule has 1 N–H and O–H groups in total. The first kappa shape index (κ1) is 28.6. The molecule has 2 aromatic carbocycles. The zero-order chi connectivity index (χ0) is 28.3. The molecule has 2 aliphatic heterocycles. The number of amides is 3. The average Bonchev–Trinajstić information content (AvgIpc) is 2.91. The van der Waals surface area contributed by atoms with Crippen molar-refractivity contribution in [2.45, 2.75) is 39.2 Å². The number of likely N-dealkylation sites (N-methyl/N-ethyl adjacent to an activating group) is 1. The maximum atomic E-state index is 13.3. The highest BCUT2D eigenvalue weighted by Crippen LogP contribution is 2.33. The molecule has 0 aromatic heterocycles. The van der Waals surface area contributed by atoms with Crippen molar-refractivity contribution in [2.24, 2.45) is 0 Å². The van der Waals surface area contributed by atoms with E-state index in [1.807, 2.05) is 24.3 Å². The number of carbonyl (C=O) groups is 3. The Hall–Kier alpha value is -3.36. The van der Waals surface area contributed by atoms with Gasteiger partial charge in [-0.2, -0.15) is 0 Å². The number of esters is 1. The van der Waals surface area contributed by atoms with E-state index < -0.39 is 12.0 Å². The number of ether oxygens (including phenoxy) is 1. The molecule has 2 aromatic rings. The third-order valence-corrected chi connectivity index (χ3v) is 7.65. The van der Waals surface area contributed by atoms with Crippen molar-refractivity contribution in [1.82, 2.24) is 20.0 Å². The van der Waals surface area contributed by atoms with E-state index in [4.69, 9.17) is 16.3 Å². The van der Waals surface area contributed by atoms with Crippen LogP contribution in [0.5, 0.6) is 0 Å². The van der Waals surface area contributed by atoms with Crippen LogP contribution >= 0.6 is 11.6 Å². The molecule has 208 valence electrons. The number of hydrogen-bond donors (Lipinski definition) is 1. The minimum Gasteiger partial charge on any atom is -0.463 e. The average molecular weight is 553 g/mol. The summed E-state index contributed by atoms with van der Waals surface area (Å²) in [5.41, 5.74) is 3.49. The van der Waals surface area contributed by atoms with Gasteiger partial charge in [0.05, 0.1) is 28.8 Å². The van der Waals surface area contributed by atoms with Gasteiger partial charge in [0.25, 0.3) is 5.91 Å². The van der Waals surface area contributed by atoms with Crippen LogP contribution in [0.4, 0.5) is 4.79 Å². The zero-order valence-electron chi connectivity index (χ0n) is 23.3. The summed E-state index contributed by atoms with van der Waals surface area (Å²) in [4.78, 5) is 44.8. The van der Waals surface area contributed by atoms with Crippen LogP contribution in [0.1, 0.15) is 55.2 Å². The van der Waals surface area contributed by atoms with Crippen molar-refractivity contribution < 1.29 is 19.1 Å². The largest absolute Gasteiger partial charge is 0.463 e. The summed E-state index contributed by atoms with van der Waals surface area (Å²) in [6.45, 7) is 11.0. The molecule has 1 saturated heterocycles. The summed E-state index contributed by atoms with van der Waals surface area (Å²) in [5, 5.41) is 3.42. The zero-order valence-corrected chi connectivity index (χ0v) is 24.0. The van der Waals surface area contributed by atoms with Crippen LogP contribution in [0.15, 0.2) is 59.8 Å². The lowest BCUT2D eigenvalue weighted by molar-refractivity contribution is -0.139. The highest BCUT2D eigenvalue weighted by Gasteiger charge is 2.38. The summed E-state index contributed by atoms with van der Waals surface area (Å²) < 4.78 is 5.46. The fraction of sp³-hybridized carbons (Fsp3) is 0.433. The molecule has 2 heterocycles. The lowest BCUT2D eigenvalue weighted by Crippen LogP contribution is -2.53. The smallest absolute Gasteiger partial charge is 0.338 e. The topological polar surface area (TPSA) is 82.2 Å². The van der Waals surface area contributed by atoms with Gasteiger partial charge >= 0.3 is 12.0 Å². The number of nitrogens with one attached hydrogen (secondary N) is 1. The number of carbonyl (C=O) groups excluding carboxylic acids is 3. The fourth-order valence-corrected chi connectivity index (χ4v) is 5.17. The minimum atomic E-state index is -0.625. The van der Waals surface area contributed by atoms with E-state index in [1.54, 1.807) is 43.1 Å². The summed E-state index contributed by atoms with van der Waals surface area (Å²) in [6.07, 6.45) is 0. The van der Waals surface area contributed by atoms with E-state index in [2.05, 4.69) is 31.0 Å². The van der Waals surface area contributed by atoms with Gasteiger partial charge in [0.15, 0.2) is 0 Å². The molecule has 9 heteroatoms. The summed E-state index contributed by atoms with van der Waals surface area (Å²) in [6, 6.07) is 14.2. The van der Waals surface area contributed by atoms with Crippen LogP contribution in [0.25, 0.3) is 0 Å². The monoisotopic (exact) mass is 552 g/mol. The first-order chi connectivity index (χ1) is 18.5. The quantitative estimate of drug-likeness (QED) is 0.529. The molecule has 0 saturated carbocycles. The van der Waals surface area contributed by atoms with Gasteiger partial charge in [0.1, 0.15) is 0 Å². The molecule has 1 atom stereocenters. The summed E-state index contributed by atoms with van der Waals surface area (Å²) in [7, 11) is 1.67. The number of benzene rings is 2. The molecule has 4 rings (SSSR count). The lowest BCUT2D eigenvalue weighted by Gasteiger charge is -2.39. The van der Waals surface area contributed by atoms with Crippen LogP contribution in [0.2, 0.25) is 5.02 Å². The van der Waals surface area contributed by atoms with Crippen LogP contribution in [-0.2, 0) is 14.9 Å². The molecule has 1 fully saturated rings. The van der Waals surface area contributed by atoms with Crippen LogP contribution in [0, 0.1) is 0 Å². The van der Waals surface area contributed by atoms with Crippen molar-refractivity contribution in [2.75, 3.05) is 46.4 Å². The SMILES string of the molecule is CCOC(=O)C1=C(CN2CCN(C(=O)c3ccccc3Cl)CC2)N(C)C(=O)NC1c1ccc(C(C)(C)C)cc1. The van der Waals surface area contributed by atoms with E-state index in [9.17, 15) is 14.4 Å². The number of hydrogen-bond acceptors (Lipinski definition) is 5. The van der Waals surface area contributed by atoms with Gasteiger partial charge in [0, 0.05) is 45.5 Å². The van der Waals surface area contributed by atoms with Gasteiger partial charge in [-0.1, -0.05) is 68.8 Å². The second-order valence-electron chi connectivity index (χ2n) is 10.9. The molecule has 3 amide bonds. The standard InChI is InChI=1S/C30H37ClN4O4/c1-6-39-28(37)25-24(19-34-15-17-35(18-16-34)27(36)22-9-7-8-10-23(22)31)33(5)29(38)32-26(25)20-11-13-21(14-12-20)30(2,3)4/h7-14,26H,6,15-19H2,1-5H3,(H,32,38). The number of halogens is 1. The van der Waals surface area contributed by atoms with Gasteiger partial charge in [-0.25, -0.2) is 9.59 Å². The molecule has 2 aliphatic rings. The van der Waals surface area contributed by atoms with Crippen LogP contribution in [0.3, 0.4) is 0 Å². The highest BCUT2D eigenvalue weighted by molar-refractivity contribution is 6.33. The van der Waals surface area contributed by atoms with Crippen molar-refractivity contribution in [1.29, 1.82) is 0 Å². The molecule has 0 radical (unpaired) electrons. The Morgan fingerprint density at radius 1 is 1.03 bits per heavy atom. The van der Waals surface area contributed by atoms with Gasteiger partial charge in [-0.3, -0.25) is 14.6 Å². The number of rotatable bonds is 6. The lowest BCUT2D eigenvalue weighted by atomic mass is 9.85. The predicted molar refractivity (Wildman–Crippen MR) is 152 cm³/mol. The Bertz CT molecular complexity index is 1260. The van der Waals surface area contributed by atoms with E-state index in [0.29, 0.717) is 54.6 Å². The molecule has 8 nitrogen and oxygen atoms in total. The van der Waals surface area contributed by atoms with Crippen LogP contribution < -0.4 is 5.32 Å². The number of urea groups is 1. The van der Waals surface area contributed by atoms with Gasteiger partial charge in [-0.05, 0) is 35.6 Å². The molecule has 39 heavy (non-hydrogen) atoms. The number of piperazine rings is 1. The van der Waals surface area contributed by atoms with Crippen molar-refractivity contribution in [3.63, 3.8) is 0 Å². The third kappa shape index (κ3) is 6.28. The van der Waals surface area contributed by atoms with E-state index >= 15 is 0 Å². The summed E-state index contributed by atoms with van der Waals surface area (Å²) in [5.74, 6) is -0.545.